The molecule has 17 heavy (non-hydrogen) atoms. The molecule has 1 aliphatic carbocycles. The molecule has 2 nitrogen and oxygen atoms in total. The summed E-state index contributed by atoms with van der Waals surface area (Å²) < 4.78 is 0. The third-order valence-corrected chi connectivity index (χ3v) is 4.20. The first-order chi connectivity index (χ1) is 8.18. The smallest absolute Gasteiger partial charge is 0.220 e. The maximum Gasteiger partial charge on any atom is 0.220 e. The Hall–Kier alpha value is -1.31. The fraction of sp³-hybridized carbons (Fsp3) is 0.533. The third kappa shape index (κ3) is 2.87. The lowest BCUT2D eigenvalue weighted by Crippen LogP contribution is -2.30. The average molecular weight is 231 g/mol. The molecule has 0 aromatic heterocycles. The minimum Gasteiger partial charge on any atom is -0.369 e. The van der Waals surface area contributed by atoms with Gasteiger partial charge in [0.2, 0.25) is 5.91 Å². The molecular formula is C15H21NO. The topological polar surface area (TPSA) is 43.1 Å². The van der Waals surface area contributed by atoms with Crippen molar-refractivity contribution in [3.8, 4) is 0 Å². The van der Waals surface area contributed by atoms with Crippen LogP contribution in [0.25, 0.3) is 0 Å². The SMILES string of the molecule is CC(C(N)=O)C1CCC(c2ccccc2)CC1. The summed E-state index contributed by atoms with van der Waals surface area (Å²) in [6.07, 6.45) is 4.63. The number of rotatable bonds is 3. The molecule has 1 aliphatic rings. The van der Waals surface area contributed by atoms with Crippen LogP contribution in [0.4, 0.5) is 0 Å². The normalized spacial score (nSPS) is 26.4. The van der Waals surface area contributed by atoms with E-state index in [1.54, 1.807) is 0 Å². The minimum atomic E-state index is -0.145. The van der Waals surface area contributed by atoms with Crippen LogP contribution >= 0.6 is 0 Å². The van der Waals surface area contributed by atoms with Crippen molar-refractivity contribution in [2.45, 2.75) is 38.5 Å². The monoisotopic (exact) mass is 231 g/mol. The van der Waals surface area contributed by atoms with Gasteiger partial charge in [-0.3, -0.25) is 4.79 Å². The zero-order valence-electron chi connectivity index (χ0n) is 10.4. The summed E-state index contributed by atoms with van der Waals surface area (Å²) in [5.74, 6) is 1.06. The lowest BCUT2D eigenvalue weighted by atomic mass is 9.74. The van der Waals surface area contributed by atoms with Crippen LogP contribution in [0.2, 0.25) is 0 Å². The number of primary amides is 1. The van der Waals surface area contributed by atoms with Gasteiger partial charge in [-0.15, -0.1) is 0 Å². The highest BCUT2D eigenvalue weighted by Crippen LogP contribution is 2.38. The zero-order valence-corrected chi connectivity index (χ0v) is 10.4. The standard InChI is InChI=1S/C15H21NO/c1-11(15(16)17)12-7-9-14(10-8-12)13-5-3-2-4-6-13/h2-6,11-12,14H,7-10H2,1H3,(H2,16,17). The number of hydrogen-bond donors (Lipinski definition) is 1. The summed E-state index contributed by atoms with van der Waals surface area (Å²) >= 11 is 0. The molecule has 1 aromatic rings. The van der Waals surface area contributed by atoms with Crippen LogP contribution in [-0.2, 0) is 4.79 Å². The van der Waals surface area contributed by atoms with Crippen LogP contribution in [0, 0.1) is 11.8 Å². The van der Waals surface area contributed by atoms with Crippen LogP contribution < -0.4 is 5.73 Å². The molecule has 1 atom stereocenters. The largest absolute Gasteiger partial charge is 0.369 e. The summed E-state index contributed by atoms with van der Waals surface area (Å²) in [6, 6.07) is 10.7. The first-order valence-corrected chi connectivity index (χ1v) is 6.52. The van der Waals surface area contributed by atoms with Crippen molar-refractivity contribution in [2.24, 2.45) is 17.6 Å². The second-order valence-corrected chi connectivity index (χ2v) is 5.21. The number of hydrogen-bond acceptors (Lipinski definition) is 1. The van der Waals surface area contributed by atoms with E-state index in [4.69, 9.17) is 5.73 Å². The van der Waals surface area contributed by atoms with Gasteiger partial charge in [-0.2, -0.15) is 0 Å². The molecule has 0 radical (unpaired) electrons. The maximum absolute atomic E-state index is 11.2. The Labute approximate surface area is 103 Å². The van der Waals surface area contributed by atoms with Gasteiger partial charge in [0.05, 0.1) is 0 Å². The van der Waals surface area contributed by atoms with Crippen LogP contribution in [0.1, 0.15) is 44.1 Å². The van der Waals surface area contributed by atoms with E-state index in [0.717, 1.165) is 12.8 Å². The molecular weight excluding hydrogens is 210 g/mol. The van der Waals surface area contributed by atoms with Gasteiger partial charge in [-0.25, -0.2) is 0 Å². The van der Waals surface area contributed by atoms with Crippen LogP contribution in [0.15, 0.2) is 30.3 Å². The van der Waals surface area contributed by atoms with Crippen molar-refractivity contribution in [3.63, 3.8) is 0 Å². The molecule has 1 unspecified atom stereocenters. The summed E-state index contributed by atoms with van der Waals surface area (Å²) in [7, 11) is 0. The molecule has 92 valence electrons. The maximum atomic E-state index is 11.2. The Balaban J connectivity index is 1.93. The molecule has 1 aromatic carbocycles. The predicted molar refractivity (Wildman–Crippen MR) is 69.5 cm³/mol. The molecule has 2 heteroatoms. The molecule has 1 amide bonds. The predicted octanol–water partition coefficient (Wildman–Crippen LogP) is 3.08. The van der Waals surface area contributed by atoms with E-state index in [2.05, 4.69) is 30.3 Å². The van der Waals surface area contributed by atoms with Gasteiger partial charge in [0.1, 0.15) is 0 Å². The zero-order chi connectivity index (χ0) is 12.3. The molecule has 1 saturated carbocycles. The minimum absolute atomic E-state index is 0.0340. The molecule has 2 rings (SSSR count). The first kappa shape index (κ1) is 12.2. The molecule has 0 aliphatic heterocycles. The highest BCUT2D eigenvalue weighted by Gasteiger charge is 2.28. The van der Waals surface area contributed by atoms with Gasteiger partial charge in [-0.1, -0.05) is 37.3 Å². The Morgan fingerprint density at radius 2 is 1.76 bits per heavy atom. The number of carbonyl (C=O) groups excluding carboxylic acids is 1. The van der Waals surface area contributed by atoms with E-state index in [-0.39, 0.29) is 11.8 Å². The highest BCUT2D eigenvalue weighted by molar-refractivity contribution is 5.76. The van der Waals surface area contributed by atoms with Gasteiger partial charge in [0.25, 0.3) is 0 Å². The Kier molecular flexibility index (Phi) is 3.82. The Bertz CT molecular complexity index is 366. The van der Waals surface area contributed by atoms with Crippen molar-refractivity contribution in [3.05, 3.63) is 35.9 Å². The van der Waals surface area contributed by atoms with E-state index < -0.39 is 0 Å². The van der Waals surface area contributed by atoms with E-state index in [9.17, 15) is 4.79 Å². The molecule has 0 saturated heterocycles. The highest BCUT2D eigenvalue weighted by atomic mass is 16.1. The fourth-order valence-corrected chi connectivity index (χ4v) is 2.91. The lowest BCUT2D eigenvalue weighted by molar-refractivity contribution is -0.123. The quantitative estimate of drug-likeness (QED) is 0.853. The van der Waals surface area contributed by atoms with Crippen molar-refractivity contribution in [1.29, 1.82) is 0 Å². The van der Waals surface area contributed by atoms with Crippen LogP contribution in [0.3, 0.4) is 0 Å². The third-order valence-electron chi connectivity index (χ3n) is 4.20. The Morgan fingerprint density at radius 1 is 1.18 bits per heavy atom. The molecule has 2 N–H and O–H groups in total. The van der Waals surface area contributed by atoms with Gasteiger partial charge >= 0.3 is 0 Å². The van der Waals surface area contributed by atoms with E-state index in [1.807, 2.05) is 6.92 Å². The van der Waals surface area contributed by atoms with Crippen LogP contribution in [-0.4, -0.2) is 5.91 Å². The molecule has 0 heterocycles. The second-order valence-electron chi connectivity index (χ2n) is 5.21. The van der Waals surface area contributed by atoms with Crippen molar-refractivity contribution in [2.75, 3.05) is 0 Å². The van der Waals surface area contributed by atoms with Gasteiger partial charge < -0.3 is 5.73 Å². The van der Waals surface area contributed by atoms with Crippen molar-refractivity contribution in [1.82, 2.24) is 0 Å². The number of carbonyl (C=O) groups is 1. The number of nitrogens with two attached hydrogens (primary N) is 1. The van der Waals surface area contributed by atoms with E-state index in [1.165, 1.54) is 18.4 Å². The van der Waals surface area contributed by atoms with E-state index in [0.29, 0.717) is 11.8 Å². The van der Waals surface area contributed by atoms with E-state index >= 15 is 0 Å². The molecule has 0 spiro atoms. The van der Waals surface area contributed by atoms with Crippen molar-refractivity contribution >= 4 is 5.91 Å². The second kappa shape index (κ2) is 5.35. The summed E-state index contributed by atoms with van der Waals surface area (Å²) in [4.78, 5) is 11.2. The number of amides is 1. The summed E-state index contributed by atoms with van der Waals surface area (Å²) in [5.41, 5.74) is 6.82. The van der Waals surface area contributed by atoms with Gasteiger partial charge in [0, 0.05) is 5.92 Å². The van der Waals surface area contributed by atoms with Gasteiger partial charge in [0.15, 0.2) is 0 Å². The summed E-state index contributed by atoms with van der Waals surface area (Å²) in [6.45, 7) is 1.97. The Morgan fingerprint density at radius 3 is 2.29 bits per heavy atom. The summed E-state index contributed by atoms with van der Waals surface area (Å²) in [5, 5.41) is 0. The molecule has 0 bridgehead atoms. The van der Waals surface area contributed by atoms with Gasteiger partial charge in [-0.05, 0) is 43.1 Å². The fourth-order valence-electron chi connectivity index (χ4n) is 2.91. The van der Waals surface area contributed by atoms with Crippen molar-refractivity contribution < 1.29 is 4.79 Å². The first-order valence-electron chi connectivity index (χ1n) is 6.52. The number of benzene rings is 1. The lowest BCUT2D eigenvalue weighted by Gasteiger charge is -2.31. The van der Waals surface area contributed by atoms with Crippen LogP contribution in [0.5, 0.6) is 0 Å². The average Bonchev–Trinajstić information content (AvgIpc) is 2.39. The molecule has 1 fully saturated rings.